The van der Waals surface area contributed by atoms with Gasteiger partial charge in [0.25, 0.3) is 0 Å². The third-order valence-corrected chi connectivity index (χ3v) is 1.31. The van der Waals surface area contributed by atoms with Crippen molar-refractivity contribution in [2.24, 2.45) is 0 Å². The molecule has 0 aliphatic carbocycles. The standard InChI is InChI=1S/C4H5Cl3/c5-2-1-4(7)3-6/h3H,1-2H2. The predicted octanol–water partition coefficient (Wildman–Crippen LogP) is 2.93. The molecule has 42 valence electrons. The van der Waals surface area contributed by atoms with Gasteiger partial charge in [0.15, 0.2) is 0 Å². The third kappa shape index (κ3) is 4.46. The van der Waals surface area contributed by atoms with Crippen molar-refractivity contribution in [1.29, 1.82) is 0 Å². The van der Waals surface area contributed by atoms with Crippen LogP contribution < -0.4 is 0 Å². The smallest absolute Gasteiger partial charge is 0.0305 e. The Morgan fingerprint density at radius 3 is 2.29 bits per heavy atom. The lowest BCUT2D eigenvalue weighted by Crippen LogP contribution is -1.70. The van der Waals surface area contributed by atoms with Gasteiger partial charge in [-0.15, -0.1) is 11.6 Å². The Hall–Kier alpha value is 0.610. The van der Waals surface area contributed by atoms with Gasteiger partial charge in [0, 0.05) is 16.4 Å². The van der Waals surface area contributed by atoms with E-state index in [0.717, 1.165) is 0 Å². The molecule has 0 nitrogen and oxygen atoms in total. The van der Waals surface area contributed by atoms with E-state index in [4.69, 9.17) is 34.8 Å². The van der Waals surface area contributed by atoms with Crippen LogP contribution in [0.4, 0.5) is 0 Å². The van der Waals surface area contributed by atoms with Crippen molar-refractivity contribution in [1.82, 2.24) is 0 Å². The van der Waals surface area contributed by atoms with Crippen LogP contribution in [0.2, 0.25) is 0 Å². The summed E-state index contributed by atoms with van der Waals surface area (Å²) >= 11 is 15.9. The first-order valence-corrected chi connectivity index (χ1v) is 3.17. The average Bonchev–Trinajstić information content (AvgIpc) is 1.68. The third-order valence-electron chi connectivity index (χ3n) is 0.452. The van der Waals surface area contributed by atoms with Gasteiger partial charge in [0.05, 0.1) is 0 Å². The first-order valence-electron chi connectivity index (χ1n) is 1.82. The maximum Gasteiger partial charge on any atom is 0.0305 e. The molecule has 0 bridgehead atoms. The van der Waals surface area contributed by atoms with Gasteiger partial charge in [-0.25, -0.2) is 0 Å². The Morgan fingerprint density at radius 1 is 1.57 bits per heavy atom. The topological polar surface area (TPSA) is 0 Å². The van der Waals surface area contributed by atoms with Crippen LogP contribution in [-0.2, 0) is 0 Å². The summed E-state index contributed by atoms with van der Waals surface area (Å²) in [6.45, 7) is 0. The minimum atomic E-state index is 0.530. The van der Waals surface area contributed by atoms with Crippen molar-refractivity contribution >= 4 is 34.8 Å². The Balaban J connectivity index is 3.17. The molecule has 3 heteroatoms. The zero-order chi connectivity index (χ0) is 5.70. The van der Waals surface area contributed by atoms with Gasteiger partial charge in [0.2, 0.25) is 0 Å². The summed E-state index contributed by atoms with van der Waals surface area (Å²) < 4.78 is 0. The van der Waals surface area contributed by atoms with Gasteiger partial charge in [-0.1, -0.05) is 23.2 Å². The van der Waals surface area contributed by atoms with Crippen molar-refractivity contribution < 1.29 is 0 Å². The minimum absolute atomic E-state index is 0.530. The number of alkyl halides is 1. The second kappa shape index (κ2) is 4.76. The van der Waals surface area contributed by atoms with Crippen molar-refractivity contribution in [2.75, 3.05) is 5.88 Å². The quantitative estimate of drug-likeness (QED) is 0.544. The van der Waals surface area contributed by atoms with E-state index in [0.29, 0.717) is 17.3 Å². The molecule has 0 aromatic heterocycles. The maximum absolute atomic E-state index is 5.41. The van der Waals surface area contributed by atoms with Gasteiger partial charge < -0.3 is 0 Å². The summed E-state index contributed by atoms with van der Waals surface area (Å²) in [5.41, 5.74) is 1.32. The first-order chi connectivity index (χ1) is 3.31. The van der Waals surface area contributed by atoms with E-state index in [1.54, 1.807) is 0 Å². The lowest BCUT2D eigenvalue weighted by atomic mass is 10.5. The molecule has 0 unspecified atom stereocenters. The largest absolute Gasteiger partial charge is 0.126 e. The summed E-state index contributed by atoms with van der Waals surface area (Å²) in [6, 6.07) is 0. The zero-order valence-electron chi connectivity index (χ0n) is 3.63. The van der Waals surface area contributed by atoms with Crippen LogP contribution in [-0.4, -0.2) is 5.88 Å². The molecular formula is C4H5Cl3. The van der Waals surface area contributed by atoms with Crippen molar-refractivity contribution in [2.45, 2.75) is 6.42 Å². The molecule has 7 heavy (non-hydrogen) atoms. The SMILES string of the molecule is ClC=C(Cl)CCCl. The number of allylic oxidation sites excluding steroid dienone is 1. The van der Waals surface area contributed by atoms with Crippen molar-refractivity contribution in [3.63, 3.8) is 0 Å². The predicted molar refractivity (Wildman–Crippen MR) is 35.1 cm³/mol. The zero-order valence-corrected chi connectivity index (χ0v) is 5.89. The monoisotopic (exact) mass is 158 g/mol. The van der Waals surface area contributed by atoms with Crippen LogP contribution >= 0.6 is 34.8 Å². The summed E-state index contributed by atoms with van der Waals surface area (Å²) in [6.07, 6.45) is 0.659. The number of hydrogen-bond donors (Lipinski definition) is 0. The molecular weight excluding hydrogens is 154 g/mol. The van der Waals surface area contributed by atoms with Crippen LogP contribution in [0.25, 0.3) is 0 Å². The summed E-state index contributed by atoms with van der Waals surface area (Å²) in [4.78, 5) is 0. The molecule has 0 N–H and O–H groups in total. The van der Waals surface area contributed by atoms with Gasteiger partial charge in [-0.05, 0) is 6.42 Å². The van der Waals surface area contributed by atoms with Gasteiger partial charge in [0.1, 0.15) is 0 Å². The molecule has 0 aromatic carbocycles. The molecule has 0 radical (unpaired) electrons. The van der Waals surface area contributed by atoms with Crippen LogP contribution in [0.1, 0.15) is 6.42 Å². The molecule has 0 spiro atoms. The molecule has 0 aromatic rings. The fourth-order valence-corrected chi connectivity index (χ4v) is 0.649. The maximum atomic E-state index is 5.41. The van der Waals surface area contributed by atoms with Crippen molar-refractivity contribution in [3.05, 3.63) is 10.6 Å². The van der Waals surface area contributed by atoms with Crippen molar-refractivity contribution in [3.8, 4) is 0 Å². The van der Waals surface area contributed by atoms with E-state index in [1.165, 1.54) is 5.54 Å². The lowest BCUT2D eigenvalue weighted by molar-refractivity contribution is 1.21. The van der Waals surface area contributed by atoms with E-state index in [-0.39, 0.29) is 0 Å². The summed E-state index contributed by atoms with van der Waals surface area (Å²) in [7, 11) is 0. The molecule has 0 rings (SSSR count). The van der Waals surface area contributed by atoms with E-state index in [2.05, 4.69) is 0 Å². The van der Waals surface area contributed by atoms with E-state index in [1.807, 2.05) is 0 Å². The number of hydrogen-bond acceptors (Lipinski definition) is 0. The molecule has 0 amide bonds. The molecule has 0 aliphatic heterocycles. The lowest BCUT2D eigenvalue weighted by Gasteiger charge is -1.85. The average molecular weight is 159 g/mol. The number of halogens is 3. The Labute approximate surface area is 58.1 Å². The molecule has 0 saturated heterocycles. The van der Waals surface area contributed by atoms with E-state index in [9.17, 15) is 0 Å². The number of rotatable bonds is 2. The second-order valence-corrected chi connectivity index (χ2v) is 2.08. The Kier molecular flexibility index (Phi) is 5.18. The normalized spacial score (nSPS) is 12.1. The first kappa shape index (κ1) is 7.61. The summed E-state index contributed by atoms with van der Waals surface area (Å²) in [5, 5.41) is 0.608. The van der Waals surface area contributed by atoms with Crippen LogP contribution in [0.3, 0.4) is 0 Å². The van der Waals surface area contributed by atoms with Gasteiger partial charge in [-0.2, -0.15) is 0 Å². The van der Waals surface area contributed by atoms with E-state index >= 15 is 0 Å². The minimum Gasteiger partial charge on any atom is -0.126 e. The Bertz CT molecular complexity index is 67.3. The highest BCUT2D eigenvalue weighted by molar-refractivity contribution is 6.36. The molecule has 0 atom stereocenters. The van der Waals surface area contributed by atoms with E-state index < -0.39 is 0 Å². The van der Waals surface area contributed by atoms with Crippen LogP contribution in [0.15, 0.2) is 10.6 Å². The second-order valence-electron chi connectivity index (χ2n) is 0.995. The molecule has 0 heterocycles. The molecule has 0 aliphatic rings. The van der Waals surface area contributed by atoms with Crippen LogP contribution in [0.5, 0.6) is 0 Å². The highest BCUT2D eigenvalue weighted by Crippen LogP contribution is 2.08. The highest BCUT2D eigenvalue weighted by Gasteiger charge is 1.85. The highest BCUT2D eigenvalue weighted by atomic mass is 35.5. The van der Waals surface area contributed by atoms with Gasteiger partial charge in [-0.3, -0.25) is 0 Å². The molecule has 0 fully saturated rings. The van der Waals surface area contributed by atoms with Gasteiger partial charge >= 0.3 is 0 Å². The summed E-state index contributed by atoms with van der Waals surface area (Å²) in [5.74, 6) is 0.530. The van der Waals surface area contributed by atoms with Crippen LogP contribution in [0, 0.1) is 0 Å². The fourth-order valence-electron chi connectivity index (χ4n) is 0.145. The molecule has 0 saturated carbocycles. The fraction of sp³-hybridized carbons (Fsp3) is 0.500. The Morgan fingerprint density at radius 2 is 2.14 bits per heavy atom.